The molecule has 1 aliphatic carbocycles. The first-order valence-corrected chi connectivity index (χ1v) is 4.64. The summed E-state index contributed by atoms with van der Waals surface area (Å²) in [5, 5.41) is 0. The summed E-state index contributed by atoms with van der Waals surface area (Å²) in [6, 6.07) is 7.86. The number of carbonyl (C=O) groups excluding carboxylic acids is 1. The zero-order valence-electron chi connectivity index (χ0n) is 8.07. The SMILES string of the molecule is COc1ccc(C2C=CC(=O)C2)cc1. The van der Waals surface area contributed by atoms with E-state index in [1.165, 1.54) is 5.56 Å². The molecule has 0 saturated heterocycles. The molecule has 0 amide bonds. The Morgan fingerprint density at radius 3 is 2.50 bits per heavy atom. The molecule has 0 aliphatic heterocycles. The van der Waals surface area contributed by atoms with Gasteiger partial charge >= 0.3 is 0 Å². The van der Waals surface area contributed by atoms with Gasteiger partial charge in [-0.2, -0.15) is 0 Å². The van der Waals surface area contributed by atoms with Crippen LogP contribution < -0.4 is 4.74 Å². The average molecular weight is 188 g/mol. The van der Waals surface area contributed by atoms with Crippen molar-refractivity contribution in [1.29, 1.82) is 0 Å². The average Bonchev–Trinajstić information content (AvgIpc) is 2.65. The van der Waals surface area contributed by atoms with Gasteiger partial charge in [0.05, 0.1) is 7.11 Å². The fourth-order valence-electron chi connectivity index (χ4n) is 1.66. The molecule has 0 radical (unpaired) electrons. The van der Waals surface area contributed by atoms with Gasteiger partial charge in [-0.3, -0.25) is 4.79 Å². The number of rotatable bonds is 2. The van der Waals surface area contributed by atoms with Crippen LogP contribution in [-0.2, 0) is 4.79 Å². The van der Waals surface area contributed by atoms with E-state index in [0.29, 0.717) is 6.42 Å². The zero-order chi connectivity index (χ0) is 9.97. The highest BCUT2D eigenvalue weighted by Gasteiger charge is 2.17. The van der Waals surface area contributed by atoms with Gasteiger partial charge in [0.15, 0.2) is 5.78 Å². The maximum Gasteiger partial charge on any atom is 0.156 e. The van der Waals surface area contributed by atoms with Crippen molar-refractivity contribution < 1.29 is 9.53 Å². The molecular weight excluding hydrogens is 176 g/mol. The number of hydrogen-bond acceptors (Lipinski definition) is 2. The molecule has 0 bridgehead atoms. The van der Waals surface area contributed by atoms with Gasteiger partial charge in [0.1, 0.15) is 5.75 Å². The molecule has 0 N–H and O–H groups in total. The van der Waals surface area contributed by atoms with E-state index in [-0.39, 0.29) is 11.7 Å². The summed E-state index contributed by atoms with van der Waals surface area (Å²) in [7, 11) is 1.65. The molecule has 2 rings (SSSR count). The van der Waals surface area contributed by atoms with Crippen molar-refractivity contribution in [2.24, 2.45) is 0 Å². The van der Waals surface area contributed by atoms with E-state index in [0.717, 1.165) is 5.75 Å². The lowest BCUT2D eigenvalue weighted by molar-refractivity contribution is -0.114. The van der Waals surface area contributed by atoms with Crippen molar-refractivity contribution in [3.8, 4) is 5.75 Å². The van der Waals surface area contributed by atoms with Crippen LogP contribution in [0.5, 0.6) is 5.75 Å². The molecular formula is C12H12O2. The molecule has 14 heavy (non-hydrogen) atoms. The normalized spacial score (nSPS) is 20.1. The van der Waals surface area contributed by atoms with Crippen LogP contribution in [0, 0.1) is 0 Å². The first kappa shape index (κ1) is 9.00. The van der Waals surface area contributed by atoms with Crippen LogP contribution in [0.25, 0.3) is 0 Å². The van der Waals surface area contributed by atoms with Crippen molar-refractivity contribution in [2.75, 3.05) is 7.11 Å². The van der Waals surface area contributed by atoms with Gasteiger partial charge in [0.2, 0.25) is 0 Å². The second kappa shape index (κ2) is 3.66. The maximum atomic E-state index is 11.0. The lowest BCUT2D eigenvalue weighted by atomic mass is 9.99. The summed E-state index contributed by atoms with van der Waals surface area (Å²) in [6.45, 7) is 0. The van der Waals surface area contributed by atoms with E-state index >= 15 is 0 Å². The first-order valence-electron chi connectivity index (χ1n) is 4.64. The fraction of sp³-hybridized carbons (Fsp3) is 0.250. The molecule has 0 heterocycles. The Balaban J connectivity index is 2.17. The minimum atomic E-state index is 0.214. The van der Waals surface area contributed by atoms with E-state index in [4.69, 9.17) is 4.74 Å². The van der Waals surface area contributed by atoms with E-state index in [1.807, 2.05) is 30.3 Å². The van der Waals surface area contributed by atoms with Gasteiger partial charge in [0, 0.05) is 12.3 Å². The van der Waals surface area contributed by atoms with Crippen molar-refractivity contribution in [3.63, 3.8) is 0 Å². The Kier molecular flexibility index (Phi) is 2.35. The van der Waals surface area contributed by atoms with Gasteiger partial charge in [-0.15, -0.1) is 0 Å². The van der Waals surface area contributed by atoms with Crippen LogP contribution in [0.15, 0.2) is 36.4 Å². The fourth-order valence-corrected chi connectivity index (χ4v) is 1.66. The van der Waals surface area contributed by atoms with Gasteiger partial charge in [-0.25, -0.2) is 0 Å². The molecule has 0 fully saturated rings. The Hall–Kier alpha value is -1.57. The highest BCUT2D eigenvalue weighted by atomic mass is 16.5. The summed E-state index contributed by atoms with van der Waals surface area (Å²) in [5.41, 5.74) is 1.17. The first-order chi connectivity index (χ1) is 6.79. The second-order valence-corrected chi connectivity index (χ2v) is 3.41. The molecule has 1 atom stereocenters. The molecule has 1 aliphatic rings. The molecule has 72 valence electrons. The maximum absolute atomic E-state index is 11.0. The van der Waals surface area contributed by atoms with Crippen LogP contribution in [0.2, 0.25) is 0 Å². The van der Waals surface area contributed by atoms with Crippen LogP contribution in [0.1, 0.15) is 17.9 Å². The summed E-state index contributed by atoms with van der Waals surface area (Å²) in [5.74, 6) is 1.32. The number of ether oxygens (including phenoxy) is 1. The van der Waals surface area contributed by atoms with Crippen molar-refractivity contribution >= 4 is 5.78 Å². The Morgan fingerprint density at radius 1 is 1.29 bits per heavy atom. The molecule has 1 aromatic carbocycles. The summed E-state index contributed by atoms with van der Waals surface area (Å²) >= 11 is 0. The third-order valence-electron chi connectivity index (χ3n) is 2.48. The minimum Gasteiger partial charge on any atom is -0.497 e. The standard InChI is InChI=1S/C12H12O2/c1-14-12-6-3-9(4-7-12)10-2-5-11(13)8-10/h2-7,10H,8H2,1H3. The quantitative estimate of drug-likeness (QED) is 0.711. The third kappa shape index (κ3) is 1.69. The van der Waals surface area contributed by atoms with E-state index in [9.17, 15) is 4.79 Å². The Labute approximate surface area is 83.2 Å². The van der Waals surface area contributed by atoms with Crippen molar-refractivity contribution in [1.82, 2.24) is 0 Å². The molecule has 1 unspecified atom stereocenters. The molecule has 0 saturated carbocycles. The third-order valence-corrected chi connectivity index (χ3v) is 2.48. The smallest absolute Gasteiger partial charge is 0.156 e. The predicted octanol–water partition coefficient (Wildman–Crippen LogP) is 2.31. The van der Waals surface area contributed by atoms with Gasteiger partial charge < -0.3 is 4.74 Å². The summed E-state index contributed by atoms with van der Waals surface area (Å²) in [4.78, 5) is 11.0. The van der Waals surface area contributed by atoms with Gasteiger partial charge in [-0.05, 0) is 23.8 Å². The number of benzene rings is 1. The minimum absolute atomic E-state index is 0.214. The molecule has 0 aromatic heterocycles. The molecule has 1 aromatic rings. The summed E-state index contributed by atoms with van der Waals surface area (Å²) in [6.07, 6.45) is 4.23. The zero-order valence-corrected chi connectivity index (χ0v) is 8.07. The topological polar surface area (TPSA) is 26.3 Å². The predicted molar refractivity (Wildman–Crippen MR) is 54.5 cm³/mol. The van der Waals surface area contributed by atoms with E-state index < -0.39 is 0 Å². The van der Waals surface area contributed by atoms with Crippen LogP contribution in [0.3, 0.4) is 0 Å². The summed E-state index contributed by atoms with van der Waals surface area (Å²) < 4.78 is 5.07. The molecule has 2 heteroatoms. The molecule has 0 spiro atoms. The van der Waals surface area contributed by atoms with Crippen LogP contribution in [0.4, 0.5) is 0 Å². The Morgan fingerprint density at radius 2 is 2.00 bits per heavy atom. The lowest BCUT2D eigenvalue weighted by Crippen LogP contribution is -1.95. The highest BCUT2D eigenvalue weighted by molar-refractivity contribution is 5.93. The van der Waals surface area contributed by atoms with E-state index in [2.05, 4.69) is 0 Å². The largest absolute Gasteiger partial charge is 0.497 e. The second-order valence-electron chi connectivity index (χ2n) is 3.41. The lowest BCUT2D eigenvalue weighted by Gasteiger charge is -2.07. The highest BCUT2D eigenvalue weighted by Crippen LogP contribution is 2.27. The van der Waals surface area contributed by atoms with E-state index in [1.54, 1.807) is 13.2 Å². The number of ketones is 1. The van der Waals surface area contributed by atoms with Crippen molar-refractivity contribution in [3.05, 3.63) is 42.0 Å². The van der Waals surface area contributed by atoms with Crippen molar-refractivity contribution in [2.45, 2.75) is 12.3 Å². The number of methoxy groups -OCH3 is 1. The number of hydrogen-bond donors (Lipinski definition) is 0. The molecule has 2 nitrogen and oxygen atoms in total. The van der Waals surface area contributed by atoms with Gasteiger partial charge in [-0.1, -0.05) is 18.2 Å². The number of allylic oxidation sites excluding steroid dienone is 2. The number of carbonyl (C=O) groups is 1. The van der Waals surface area contributed by atoms with Crippen LogP contribution in [-0.4, -0.2) is 12.9 Å². The Bertz CT molecular complexity index is 362. The monoisotopic (exact) mass is 188 g/mol. The van der Waals surface area contributed by atoms with Crippen LogP contribution >= 0.6 is 0 Å². The van der Waals surface area contributed by atoms with Gasteiger partial charge in [0.25, 0.3) is 0 Å².